The fourth-order valence-corrected chi connectivity index (χ4v) is 1.15. The molecule has 0 unspecified atom stereocenters. The van der Waals surface area contributed by atoms with Crippen LogP contribution in [0.3, 0.4) is 0 Å². The number of hydroxylamine groups is 1. The van der Waals surface area contributed by atoms with Gasteiger partial charge in [0.1, 0.15) is 0 Å². The first-order valence-corrected chi connectivity index (χ1v) is 5.70. The van der Waals surface area contributed by atoms with Gasteiger partial charge >= 0.3 is 6.09 Å². The molecule has 0 radical (unpaired) electrons. The van der Waals surface area contributed by atoms with Crippen LogP contribution in [-0.4, -0.2) is 12.0 Å². The standard InChI is InChI=1S/C12H15ClN2O3/c1-12(2,3)10(16)15-18-11(17)14-9-6-4-5-8(13)7-9/h4-7H,1-3H3,(H,14,17)(H,15,16). The average molecular weight is 271 g/mol. The fraction of sp³-hybridized carbons (Fsp3) is 0.333. The molecule has 0 fully saturated rings. The Kier molecular flexibility index (Phi) is 4.55. The van der Waals surface area contributed by atoms with Crippen molar-refractivity contribution in [1.82, 2.24) is 5.48 Å². The number of rotatable bonds is 1. The third kappa shape index (κ3) is 4.63. The van der Waals surface area contributed by atoms with E-state index in [9.17, 15) is 9.59 Å². The number of carbonyl (C=O) groups is 2. The lowest BCUT2D eigenvalue weighted by Gasteiger charge is -2.16. The molecule has 0 aliphatic heterocycles. The Morgan fingerprint density at radius 1 is 1.28 bits per heavy atom. The highest BCUT2D eigenvalue weighted by Gasteiger charge is 2.22. The Morgan fingerprint density at radius 2 is 1.94 bits per heavy atom. The van der Waals surface area contributed by atoms with E-state index in [0.29, 0.717) is 10.7 Å². The first kappa shape index (κ1) is 14.3. The largest absolute Gasteiger partial charge is 0.436 e. The maximum atomic E-state index is 11.4. The van der Waals surface area contributed by atoms with Gasteiger partial charge in [0.15, 0.2) is 0 Å². The van der Waals surface area contributed by atoms with Crippen molar-refractivity contribution in [3.8, 4) is 0 Å². The monoisotopic (exact) mass is 270 g/mol. The minimum absolute atomic E-state index is 0.385. The predicted molar refractivity (Wildman–Crippen MR) is 69.2 cm³/mol. The van der Waals surface area contributed by atoms with Gasteiger partial charge in [0.2, 0.25) is 0 Å². The summed E-state index contributed by atoms with van der Waals surface area (Å²) in [4.78, 5) is 27.4. The van der Waals surface area contributed by atoms with Gasteiger partial charge in [-0.15, -0.1) is 0 Å². The van der Waals surface area contributed by atoms with Gasteiger partial charge in [0, 0.05) is 16.1 Å². The summed E-state index contributed by atoms with van der Waals surface area (Å²) in [5.41, 5.74) is 1.93. The van der Waals surface area contributed by atoms with Gasteiger partial charge < -0.3 is 4.84 Å². The quantitative estimate of drug-likeness (QED) is 0.771. The lowest BCUT2D eigenvalue weighted by atomic mass is 9.96. The molecule has 2 amide bonds. The van der Waals surface area contributed by atoms with Crippen molar-refractivity contribution in [2.75, 3.05) is 5.32 Å². The van der Waals surface area contributed by atoms with E-state index in [0.717, 1.165) is 0 Å². The van der Waals surface area contributed by atoms with Crippen molar-refractivity contribution < 1.29 is 14.4 Å². The minimum Gasteiger partial charge on any atom is -0.321 e. The number of halogens is 1. The summed E-state index contributed by atoms with van der Waals surface area (Å²) >= 11 is 5.75. The third-order valence-electron chi connectivity index (χ3n) is 1.99. The van der Waals surface area contributed by atoms with Crippen LogP contribution in [0, 0.1) is 5.41 Å². The van der Waals surface area contributed by atoms with Crippen LogP contribution in [0.1, 0.15) is 20.8 Å². The van der Waals surface area contributed by atoms with Crippen molar-refractivity contribution in [2.24, 2.45) is 5.41 Å². The van der Waals surface area contributed by atoms with Gasteiger partial charge in [-0.05, 0) is 18.2 Å². The summed E-state index contributed by atoms with van der Waals surface area (Å²) in [6, 6.07) is 6.58. The molecule has 2 N–H and O–H groups in total. The van der Waals surface area contributed by atoms with Crippen molar-refractivity contribution >= 4 is 29.3 Å². The lowest BCUT2D eigenvalue weighted by Crippen LogP contribution is -2.37. The second-order valence-corrected chi connectivity index (χ2v) is 5.14. The van der Waals surface area contributed by atoms with Gasteiger partial charge in [-0.1, -0.05) is 38.4 Å². The molecular weight excluding hydrogens is 256 g/mol. The zero-order valence-electron chi connectivity index (χ0n) is 10.4. The summed E-state index contributed by atoms with van der Waals surface area (Å²) in [5, 5.41) is 2.92. The zero-order chi connectivity index (χ0) is 13.8. The van der Waals surface area contributed by atoms with Crippen LogP contribution in [-0.2, 0) is 9.63 Å². The summed E-state index contributed by atoms with van der Waals surface area (Å²) in [7, 11) is 0. The lowest BCUT2D eigenvalue weighted by molar-refractivity contribution is -0.137. The Balaban J connectivity index is 2.46. The Hall–Kier alpha value is -1.75. The molecule has 1 rings (SSSR count). The number of carbonyl (C=O) groups excluding carboxylic acids is 2. The first-order chi connectivity index (χ1) is 8.29. The number of anilines is 1. The Labute approximate surface area is 110 Å². The second kappa shape index (κ2) is 5.73. The van der Waals surface area contributed by atoms with Crippen molar-refractivity contribution in [1.29, 1.82) is 0 Å². The molecule has 1 aromatic carbocycles. The third-order valence-corrected chi connectivity index (χ3v) is 2.22. The van der Waals surface area contributed by atoms with Gasteiger partial charge in [0.25, 0.3) is 5.91 Å². The van der Waals surface area contributed by atoms with E-state index in [1.165, 1.54) is 0 Å². The molecule has 0 bridgehead atoms. The van der Waals surface area contributed by atoms with Crippen LogP contribution >= 0.6 is 11.6 Å². The molecule has 18 heavy (non-hydrogen) atoms. The summed E-state index contributed by atoms with van der Waals surface area (Å²) in [5.74, 6) is -0.385. The summed E-state index contributed by atoms with van der Waals surface area (Å²) < 4.78 is 0. The molecule has 0 saturated heterocycles. The van der Waals surface area contributed by atoms with E-state index in [4.69, 9.17) is 11.6 Å². The number of benzene rings is 1. The van der Waals surface area contributed by atoms with Crippen LogP contribution in [0.4, 0.5) is 10.5 Å². The molecule has 0 spiro atoms. The topological polar surface area (TPSA) is 67.4 Å². The van der Waals surface area contributed by atoms with Crippen molar-refractivity contribution in [3.63, 3.8) is 0 Å². The molecule has 0 aliphatic rings. The van der Waals surface area contributed by atoms with Crippen LogP contribution in [0.15, 0.2) is 24.3 Å². The Bertz CT molecular complexity index is 455. The first-order valence-electron chi connectivity index (χ1n) is 5.33. The van der Waals surface area contributed by atoms with E-state index in [1.807, 2.05) is 0 Å². The van der Waals surface area contributed by atoms with E-state index in [1.54, 1.807) is 45.0 Å². The van der Waals surface area contributed by atoms with E-state index < -0.39 is 11.5 Å². The highest BCUT2D eigenvalue weighted by atomic mass is 35.5. The predicted octanol–water partition coefficient (Wildman–Crippen LogP) is 2.97. The van der Waals surface area contributed by atoms with Crippen molar-refractivity contribution in [2.45, 2.75) is 20.8 Å². The van der Waals surface area contributed by atoms with Crippen molar-refractivity contribution in [3.05, 3.63) is 29.3 Å². The van der Waals surface area contributed by atoms with E-state index in [-0.39, 0.29) is 5.91 Å². The van der Waals surface area contributed by atoms with Crippen LogP contribution in [0.2, 0.25) is 5.02 Å². The maximum Gasteiger partial charge on any atom is 0.436 e. The van der Waals surface area contributed by atoms with Crippen LogP contribution in [0.5, 0.6) is 0 Å². The fourth-order valence-electron chi connectivity index (χ4n) is 0.955. The Morgan fingerprint density at radius 3 is 2.50 bits per heavy atom. The molecule has 6 heteroatoms. The number of amides is 2. The van der Waals surface area contributed by atoms with E-state index in [2.05, 4.69) is 15.6 Å². The molecule has 1 aromatic rings. The van der Waals surface area contributed by atoms with Crippen LogP contribution < -0.4 is 10.8 Å². The van der Waals surface area contributed by atoms with Gasteiger partial charge in [0.05, 0.1) is 0 Å². The molecule has 98 valence electrons. The average Bonchev–Trinajstić information content (AvgIpc) is 2.24. The molecule has 0 atom stereocenters. The molecule has 5 nitrogen and oxygen atoms in total. The van der Waals surface area contributed by atoms with E-state index >= 15 is 0 Å². The highest BCUT2D eigenvalue weighted by Crippen LogP contribution is 2.15. The number of hydrogen-bond acceptors (Lipinski definition) is 3. The zero-order valence-corrected chi connectivity index (χ0v) is 11.2. The van der Waals surface area contributed by atoms with Crippen LogP contribution in [0.25, 0.3) is 0 Å². The molecule has 0 aromatic heterocycles. The highest BCUT2D eigenvalue weighted by molar-refractivity contribution is 6.30. The molecular formula is C12H15ClN2O3. The smallest absolute Gasteiger partial charge is 0.321 e. The maximum absolute atomic E-state index is 11.4. The summed E-state index contributed by atoms with van der Waals surface area (Å²) in [6.45, 7) is 5.13. The number of hydrogen-bond donors (Lipinski definition) is 2. The van der Waals surface area contributed by atoms with Gasteiger partial charge in [-0.25, -0.2) is 4.79 Å². The normalized spacial score (nSPS) is 10.7. The van der Waals surface area contributed by atoms with Gasteiger partial charge in [-0.3, -0.25) is 10.1 Å². The minimum atomic E-state index is -0.783. The SMILES string of the molecule is CC(C)(C)C(=O)NOC(=O)Nc1cccc(Cl)c1. The molecule has 0 heterocycles. The second-order valence-electron chi connectivity index (χ2n) is 4.71. The number of nitrogens with one attached hydrogen (secondary N) is 2. The summed E-state index contributed by atoms with van der Waals surface area (Å²) in [6.07, 6.45) is -0.783. The van der Waals surface area contributed by atoms with Gasteiger partial charge in [-0.2, -0.15) is 5.48 Å². The molecule has 0 saturated carbocycles. The molecule has 0 aliphatic carbocycles.